The zero-order chi connectivity index (χ0) is 16.1. The Labute approximate surface area is 132 Å². The van der Waals surface area contributed by atoms with Crippen LogP contribution in [-0.2, 0) is 9.53 Å². The highest BCUT2D eigenvalue weighted by molar-refractivity contribution is 5.74. The summed E-state index contributed by atoms with van der Waals surface area (Å²) >= 11 is 0. The molecule has 1 aliphatic carbocycles. The predicted octanol–water partition coefficient (Wildman–Crippen LogP) is 1.99. The van der Waals surface area contributed by atoms with Crippen LogP contribution in [-0.4, -0.2) is 42.4 Å². The number of aliphatic carboxylic acids is 1. The lowest BCUT2D eigenvalue weighted by Crippen LogP contribution is -2.46. The average molecular weight is 312 g/mol. The summed E-state index contributed by atoms with van der Waals surface area (Å²) in [4.78, 5) is 22.9. The van der Waals surface area contributed by atoms with Gasteiger partial charge in [-0.15, -0.1) is 0 Å². The summed E-state index contributed by atoms with van der Waals surface area (Å²) in [5, 5.41) is 14.9. The summed E-state index contributed by atoms with van der Waals surface area (Å²) < 4.78 is 5.72. The Morgan fingerprint density at radius 3 is 2.45 bits per heavy atom. The summed E-state index contributed by atoms with van der Waals surface area (Å²) in [6.45, 7) is 5.70. The molecule has 0 unspecified atom stereocenters. The minimum Gasteiger partial charge on any atom is -0.481 e. The fourth-order valence-electron chi connectivity index (χ4n) is 3.56. The standard InChI is InChI=1S/C16H28N2O4/c1-10(2)14-12(7-8-22-14)9-17-16(21)18-13-5-3-11(4-6-13)15(19)20/h10-14H,3-9H2,1-2H3,(H,19,20)(H2,17,18,21)/t11?,12-,13?,14-/m1/s1. The minimum absolute atomic E-state index is 0.0938. The second-order valence-corrected chi connectivity index (χ2v) is 6.87. The number of urea groups is 1. The number of ether oxygens (including phenoxy) is 1. The fourth-order valence-corrected chi connectivity index (χ4v) is 3.56. The van der Waals surface area contributed by atoms with Crippen molar-refractivity contribution in [3.8, 4) is 0 Å². The number of nitrogens with one attached hydrogen (secondary N) is 2. The van der Waals surface area contributed by atoms with Crippen LogP contribution in [0.2, 0.25) is 0 Å². The third-order valence-corrected chi connectivity index (χ3v) is 4.86. The van der Waals surface area contributed by atoms with Gasteiger partial charge in [0.2, 0.25) is 0 Å². The Hall–Kier alpha value is -1.30. The fraction of sp³-hybridized carbons (Fsp3) is 0.875. The lowest BCUT2D eigenvalue weighted by molar-refractivity contribution is -0.142. The molecule has 0 spiro atoms. The summed E-state index contributed by atoms with van der Waals surface area (Å²) in [5.74, 6) is -0.121. The van der Waals surface area contributed by atoms with Crippen molar-refractivity contribution in [3.05, 3.63) is 0 Å². The summed E-state index contributed by atoms with van der Waals surface area (Å²) in [7, 11) is 0. The Morgan fingerprint density at radius 2 is 1.86 bits per heavy atom. The minimum atomic E-state index is -0.719. The zero-order valence-corrected chi connectivity index (χ0v) is 13.5. The van der Waals surface area contributed by atoms with Crippen molar-refractivity contribution < 1.29 is 19.4 Å². The zero-order valence-electron chi connectivity index (χ0n) is 13.5. The van der Waals surface area contributed by atoms with Gasteiger partial charge in [-0.25, -0.2) is 4.79 Å². The molecule has 2 atom stereocenters. The van der Waals surface area contributed by atoms with Gasteiger partial charge in [0.05, 0.1) is 12.0 Å². The number of carbonyl (C=O) groups is 2. The molecule has 0 aromatic heterocycles. The molecule has 6 heteroatoms. The smallest absolute Gasteiger partial charge is 0.315 e. The van der Waals surface area contributed by atoms with Crippen LogP contribution in [0, 0.1) is 17.8 Å². The molecule has 0 aromatic carbocycles. The van der Waals surface area contributed by atoms with E-state index in [0.717, 1.165) is 25.9 Å². The third-order valence-electron chi connectivity index (χ3n) is 4.86. The van der Waals surface area contributed by atoms with E-state index in [1.54, 1.807) is 0 Å². The van der Waals surface area contributed by atoms with Gasteiger partial charge < -0.3 is 20.5 Å². The highest BCUT2D eigenvalue weighted by Gasteiger charge is 2.31. The second-order valence-electron chi connectivity index (χ2n) is 6.87. The summed E-state index contributed by atoms with van der Waals surface area (Å²) in [6, 6.07) is -0.0514. The maximum atomic E-state index is 12.0. The van der Waals surface area contributed by atoms with Gasteiger partial charge in [-0.2, -0.15) is 0 Å². The predicted molar refractivity (Wildman–Crippen MR) is 82.6 cm³/mol. The number of carboxylic acids is 1. The van der Waals surface area contributed by atoms with Crippen molar-refractivity contribution >= 4 is 12.0 Å². The van der Waals surface area contributed by atoms with Gasteiger partial charge in [-0.3, -0.25) is 4.79 Å². The molecule has 2 aliphatic rings. The van der Waals surface area contributed by atoms with Gasteiger partial charge in [0.1, 0.15) is 0 Å². The van der Waals surface area contributed by atoms with Crippen molar-refractivity contribution in [1.82, 2.24) is 10.6 Å². The number of hydrogen-bond donors (Lipinski definition) is 3. The highest BCUT2D eigenvalue weighted by Crippen LogP contribution is 2.26. The maximum Gasteiger partial charge on any atom is 0.315 e. The first kappa shape index (κ1) is 17.1. The van der Waals surface area contributed by atoms with Gasteiger partial charge in [-0.1, -0.05) is 13.8 Å². The van der Waals surface area contributed by atoms with E-state index < -0.39 is 5.97 Å². The van der Waals surface area contributed by atoms with E-state index in [9.17, 15) is 9.59 Å². The Morgan fingerprint density at radius 1 is 1.18 bits per heavy atom. The van der Waals surface area contributed by atoms with E-state index >= 15 is 0 Å². The summed E-state index contributed by atoms with van der Waals surface area (Å²) in [6.07, 6.45) is 3.99. The van der Waals surface area contributed by atoms with E-state index in [2.05, 4.69) is 24.5 Å². The second kappa shape index (κ2) is 7.81. The van der Waals surface area contributed by atoms with Crippen LogP contribution in [0.15, 0.2) is 0 Å². The van der Waals surface area contributed by atoms with Crippen LogP contribution in [0.5, 0.6) is 0 Å². The molecule has 6 nitrogen and oxygen atoms in total. The molecule has 0 bridgehead atoms. The van der Waals surface area contributed by atoms with E-state index in [1.807, 2.05) is 0 Å². The van der Waals surface area contributed by atoms with Gasteiger partial charge in [0.15, 0.2) is 0 Å². The van der Waals surface area contributed by atoms with Gasteiger partial charge in [0.25, 0.3) is 0 Å². The number of hydrogen-bond acceptors (Lipinski definition) is 3. The Bertz CT molecular complexity index is 392. The third kappa shape index (κ3) is 4.60. The van der Waals surface area contributed by atoms with Gasteiger partial charge >= 0.3 is 12.0 Å². The van der Waals surface area contributed by atoms with Crippen molar-refractivity contribution in [1.29, 1.82) is 0 Å². The van der Waals surface area contributed by atoms with Crippen LogP contribution in [0.3, 0.4) is 0 Å². The molecule has 1 saturated carbocycles. The van der Waals surface area contributed by atoms with Gasteiger partial charge in [0, 0.05) is 25.1 Å². The largest absolute Gasteiger partial charge is 0.481 e. The molecule has 2 fully saturated rings. The van der Waals surface area contributed by atoms with Crippen LogP contribution < -0.4 is 10.6 Å². The first-order valence-electron chi connectivity index (χ1n) is 8.36. The van der Waals surface area contributed by atoms with Crippen molar-refractivity contribution in [3.63, 3.8) is 0 Å². The Kier molecular flexibility index (Phi) is 6.06. The van der Waals surface area contributed by atoms with Crippen molar-refractivity contribution in [2.24, 2.45) is 17.8 Å². The van der Waals surface area contributed by atoms with Crippen LogP contribution >= 0.6 is 0 Å². The Balaban J connectivity index is 1.67. The van der Waals surface area contributed by atoms with E-state index in [1.165, 1.54) is 0 Å². The molecule has 22 heavy (non-hydrogen) atoms. The number of rotatable bonds is 5. The molecule has 2 amide bonds. The first-order chi connectivity index (χ1) is 10.5. The number of carbonyl (C=O) groups excluding carboxylic acids is 1. The van der Waals surface area contributed by atoms with Crippen LogP contribution in [0.25, 0.3) is 0 Å². The molecule has 1 heterocycles. The SMILES string of the molecule is CC(C)[C@H]1OCC[C@@H]1CNC(=O)NC1CCC(C(=O)O)CC1. The highest BCUT2D eigenvalue weighted by atomic mass is 16.5. The monoisotopic (exact) mass is 312 g/mol. The average Bonchev–Trinajstić information content (AvgIpc) is 2.94. The summed E-state index contributed by atoms with van der Waals surface area (Å²) in [5.41, 5.74) is 0. The molecule has 0 radical (unpaired) electrons. The molecular formula is C16H28N2O4. The molecule has 0 aromatic rings. The van der Waals surface area contributed by atoms with Gasteiger partial charge in [-0.05, 0) is 38.0 Å². The van der Waals surface area contributed by atoms with E-state index in [4.69, 9.17) is 9.84 Å². The molecule has 1 aliphatic heterocycles. The van der Waals surface area contributed by atoms with E-state index in [-0.39, 0.29) is 24.1 Å². The maximum absolute atomic E-state index is 12.0. The van der Waals surface area contributed by atoms with Crippen LogP contribution in [0.4, 0.5) is 4.79 Å². The molecule has 3 N–H and O–H groups in total. The normalized spacial score (nSPS) is 32.0. The quantitative estimate of drug-likeness (QED) is 0.724. The topological polar surface area (TPSA) is 87.7 Å². The van der Waals surface area contributed by atoms with Crippen molar-refractivity contribution in [2.45, 2.75) is 58.1 Å². The van der Waals surface area contributed by atoms with E-state index in [0.29, 0.717) is 31.2 Å². The molecule has 126 valence electrons. The molecule has 1 saturated heterocycles. The van der Waals surface area contributed by atoms with Crippen LogP contribution in [0.1, 0.15) is 46.0 Å². The molecular weight excluding hydrogens is 284 g/mol. The van der Waals surface area contributed by atoms with Crippen molar-refractivity contribution in [2.75, 3.05) is 13.2 Å². The lowest BCUT2D eigenvalue weighted by atomic mass is 9.86. The number of amides is 2. The lowest BCUT2D eigenvalue weighted by Gasteiger charge is -2.27. The first-order valence-corrected chi connectivity index (χ1v) is 8.36. The molecule has 2 rings (SSSR count). The number of carboxylic acid groups (broad SMARTS) is 1.